The van der Waals surface area contributed by atoms with Gasteiger partial charge in [-0.3, -0.25) is 0 Å². The second-order valence-corrected chi connectivity index (χ2v) is 3.71. The zero-order valence-corrected chi connectivity index (χ0v) is 9.10. The molecule has 1 aromatic carbocycles. The number of hydrogen-bond donors (Lipinski definition) is 0. The van der Waals surface area contributed by atoms with Crippen LogP contribution in [-0.2, 0) is 0 Å². The van der Waals surface area contributed by atoms with Crippen LogP contribution in [0, 0.1) is 12.7 Å². The predicted octanol–water partition coefficient (Wildman–Crippen LogP) is 3.49. The van der Waals surface area contributed by atoms with Gasteiger partial charge in [-0.1, -0.05) is 28.4 Å². The van der Waals surface area contributed by atoms with E-state index in [1.807, 2.05) is 0 Å². The third-order valence-corrected chi connectivity index (χ3v) is 2.34. The molecule has 2 rings (SSSR count). The smallest absolute Gasteiger partial charge is 0.260 e. The van der Waals surface area contributed by atoms with Gasteiger partial charge in [0.2, 0.25) is 0 Å². The van der Waals surface area contributed by atoms with Crippen LogP contribution in [0.4, 0.5) is 4.39 Å². The van der Waals surface area contributed by atoms with Gasteiger partial charge in [-0.05, 0) is 19.1 Å². The highest BCUT2D eigenvalue weighted by Crippen LogP contribution is 2.34. The fraction of sp³-hybridized carbons (Fsp3) is 0.111. The van der Waals surface area contributed by atoms with Crippen molar-refractivity contribution < 1.29 is 8.91 Å². The monoisotopic (exact) mass is 246 g/mol. The molecule has 2 aromatic rings. The molecule has 1 aromatic heterocycles. The SMILES string of the molecule is Cc1noc(-c2c(Cl)cc(F)cc2Cl)n1. The van der Waals surface area contributed by atoms with E-state index in [0.717, 1.165) is 12.1 Å². The summed E-state index contributed by atoms with van der Waals surface area (Å²) in [6, 6.07) is 2.28. The lowest BCUT2D eigenvalue weighted by atomic mass is 10.2. The van der Waals surface area contributed by atoms with E-state index < -0.39 is 5.82 Å². The summed E-state index contributed by atoms with van der Waals surface area (Å²) in [6.45, 7) is 1.67. The van der Waals surface area contributed by atoms with Crippen molar-refractivity contribution in [2.45, 2.75) is 6.92 Å². The summed E-state index contributed by atoms with van der Waals surface area (Å²) in [4.78, 5) is 3.96. The Bertz CT molecular complexity index is 490. The molecular weight excluding hydrogens is 242 g/mol. The molecule has 0 radical (unpaired) electrons. The van der Waals surface area contributed by atoms with E-state index >= 15 is 0 Å². The molecule has 0 aliphatic carbocycles. The quantitative estimate of drug-likeness (QED) is 0.774. The average Bonchev–Trinajstić information content (AvgIpc) is 2.49. The molecule has 0 saturated carbocycles. The van der Waals surface area contributed by atoms with Gasteiger partial charge in [-0.25, -0.2) is 4.39 Å². The van der Waals surface area contributed by atoms with Crippen molar-refractivity contribution in [3.63, 3.8) is 0 Å². The summed E-state index contributed by atoms with van der Waals surface area (Å²) in [6.07, 6.45) is 0. The highest BCUT2D eigenvalue weighted by Gasteiger charge is 2.16. The predicted molar refractivity (Wildman–Crippen MR) is 54.4 cm³/mol. The molecule has 0 atom stereocenters. The van der Waals surface area contributed by atoms with Crippen LogP contribution in [0.15, 0.2) is 16.7 Å². The molecule has 78 valence electrons. The third-order valence-electron chi connectivity index (χ3n) is 1.75. The van der Waals surface area contributed by atoms with Crippen molar-refractivity contribution in [3.05, 3.63) is 33.8 Å². The number of rotatable bonds is 1. The number of aryl methyl sites for hydroxylation is 1. The van der Waals surface area contributed by atoms with E-state index in [1.165, 1.54) is 0 Å². The Morgan fingerprint density at radius 1 is 1.27 bits per heavy atom. The maximum Gasteiger partial charge on any atom is 0.260 e. The molecule has 6 heteroatoms. The Hall–Kier alpha value is -1.13. The average molecular weight is 247 g/mol. The minimum Gasteiger partial charge on any atom is -0.334 e. The molecule has 0 spiro atoms. The highest BCUT2D eigenvalue weighted by atomic mass is 35.5. The van der Waals surface area contributed by atoms with E-state index in [0.29, 0.717) is 11.4 Å². The summed E-state index contributed by atoms with van der Waals surface area (Å²) >= 11 is 11.7. The van der Waals surface area contributed by atoms with Crippen molar-refractivity contribution >= 4 is 23.2 Å². The summed E-state index contributed by atoms with van der Waals surface area (Å²) in [5, 5.41) is 3.89. The Balaban J connectivity index is 2.62. The minimum absolute atomic E-state index is 0.142. The van der Waals surface area contributed by atoms with E-state index in [1.54, 1.807) is 6.92 Å². The van der Waals surface area contributed by atoms with Crippen molar-refractivity contribution in [2.75, 3.05) is 0 Å². The molecule has 0 N–H and O–H groups in total. The van der Waals surface area contributed by atoms with Crippen molar-refractivity contribution in [1.29, 1.82) is 0 Å². The molecule has 3 nitrogen and oxygen atoms in total. The van der Waals surface area contributed by atoms with Crippen molar-refractivity contribution in [3.8, 4) is 11.5 Å². The molecule has 0 saturated heterocycles. The van der Waals surface area contributed by atoms with Gasteiger partial charge >= 0.3 is 0 Å². The zero-order chi connectivity index (χ0) is 11.0. The number of benzene rings is 1. The molecule has 15 heavy (non-hydrogen) atoms. The number of halogens is 3. The molecule has 0 fully saturated rings. The molecule has 0 aliphatic heterocycles. The second-order valence-electron chi connectivity index (χ2n) is 2.89. The van der Waals surface area contributed by atoms with Gasteiger partial charge in [-0.15, -0.1) is 0 Å². The second kappa shape index (κ2) is 3.79. The molecule has 0 amide bonds. The maximum absolute atomic E-state index is 12.9. The van der Waals surface area contributed by atoms with E-state index in [-0.39, 0.29) is 15.9 Å². The first-order valence-electron chi connectivity index (χ1n) is 4.03. The Morgan fingerprint density at radius 3 is 2.33 bits per heavy atom. The Labute approximate surface area is 94.8 Å². The summed E-state index contributed by atoms with van der Waals surface area (Å²) < 4.78 is 17.8. The number of nitrogens with zero attached hydrogens (tertiary/aromatic N) is 2. The largest absolute Gasteiger partial charge is 0.334 e. The first-order chi connectivity index (χ1) is 7.08. The summed E-state index contributed by atoms with van der Waals surface area (Å²) in [5.74, 6) is 0.133. The standard InChI is InChI=1S/C9H5Cl2FN2O/c1-4-13-9(15-14-4)8-6(10)2-5(12)3-7(8)11/h2-3H,1H3. The lowest BCUT2D eigenvalue weighted by Gasteiger charge is -2.01. The lowest BCUT2D eigenvalue weighted by molar-refractivity contribution is 0.425. The fourth-order valence-corrected chi connectivity index (χ4v) is 1.77. The van der Waals surface area contributed by atoms with Crippen molar-refractivity contribution in [1.82, 2.24) is 10.1 Å². The Kier molecular flexibility index (Phi) is 2.63. The van der Waals surface area contributed by atoms with Crippen LogP contribution in [0.1, 0.15) is 5.82 Å². The number of aromatic nitrogens is 2. The zero-order valence-electron chi connectivity index (χ0n) is 7.59. The third kappa shape index (κ3) is 1.96. The van der Waals surface area contributed by atoms with E-state index in [9.17, 15) is 4.39 Å². The molecule has 0 bridgehead atoms. The minimum atomic E-state index is -0.509. The van der Waals surface area contributed by atoms with Crippen LogP contribution in [0.5, 0.6) is 0 Å². The summed E-state index contributed by atoms with van der Waals surface area (Å²) in [5.41, 5.74) is 0.348. The van der Waals surface area contributed by atoms with Crippen LogP contribution in [0.2, 0.25) is 10.0 Å². The maximum atomic E-state index is 12.9. The van der Waals surface area contributed by atoms with Gasteiger partial charge in [0, 0.05) is 0 Å². The van der Waals surface area contributed by atoms with Crippen molar-refractivity contribution in [2.24, 2.45) is 0 Å². The van der Waals surface area contributed by atoms with Crippen LogP contribution in [0.3, 0.4) is 0 Å². The first-order valence-corrected chi connectivity index (χ1v) is 4.79. The van der Waals surface area contributed by atoms with Gasteiger partial charge < -0.3 is 4.52 Å². The topological polar surface area (TPSA) is 38.9 Å². The van der Waals surface area contributed by atoms with Crippen LogP contribution >= 0.6 is 23.2 Å². The van der Waals surface area contributed by atoms with Crippen LogP contribution in [-0.4, -0.2) is 10.1 Å². The highest BCUT2D eigenvalue weighted by molar-refractivity contribution is 6.38. The van der Waals surface area contributed by atoms with Crippen LogP contribution in [0.25, 0.3) is 11.5 Å². The molecule has 1 heterocycles. The van der Waals surface area contributed by atoms with E-state index in [4.69, 9.17) is 27.7 Å². The van der Waals surface area contributed by atoms with E-state index in [2.05, 4.69) is 10.1 Å². The van der Waals surface area contributed by atoms with Gasteiger partial charge in [0.15, 0.2) is 5.82 Å². The Morgan fingerprint density at radius 2 is 1.87 bits per heavy atom. The van der Waals surface area contributed by atoms with Gasteiger partial charge in [-0.2, -0.15) is 4.98 Å². The molecule has 0 aliphatic rings. The normalized spacial score (nSPS) is 10.7. The summed E-state index contributed by atoms with van der Waals surface area (Å²) in [7, 11) is 0. The lowest BCUT2D eigenvalue weighted by Crippen LogP contribution is -1.84. The first kappa shape index (κ1) is 10.4. The molecular formula is C9H5Cl2FN2O. The number of hydrogen-bond acceptors (Lipinski definition) is 3. The van der Waals surface area contributed by atoms with Gasteiger partial charge in [0.1, 0.15) is 5.82 Å². The fourth-order valence-electron chi connectivity index (χ4n) is 1.15. The van der Waals surface area contributed by atoms with Gasteiger partial charge in [0.05, 0.1) is 15.6 Å². The van der Waals surface area contributed by atoms with Gasteiger partial charge in [0.25, 0.3) is 5.89 Å². The van der Waals surface area contributed by atoms with Crippen LogP contribution < -0.4 is 0 Å². The molecule has 0 unspecified atom stereocenters.